The van der Waals surface area contributed by atoms with E-state index in [1.807, 2.05) is 24.3 Å². The second-order valence-corrected chi connectivity index (χ2v) is 5.02. The summed E-state index contributed by atoms with van der Waals surface area (Å²) in [5.74, 6) is 0.618. The Balaban J connectivity index is 1.89. The fourth-order valence-electron chi connectivity index (χ4n) is 1.64. The highest BCUT2D eigenvalue weighted by atomic mass is 35.5. The third kappa shape index (κ3) is 5.01. The van der Waals surface area contributed by atoms with Crippen molar-refractivity contribution in [2.75, 3.05) is 12.4 Å². The van der Waals surface area contributed by atoms with E-state index >= 15 is 0 Å². The quantitative estimate of drug-likeness (QED) is 0.491. The Hall–Kier alpha value is -2.12. The lowest BCUT2D eigenvalue weighted by Gasteiger charge is -2.08. The SMILES string of the molecule is CNC(=N)NCc1ccc(CNc2nc(Cl)nc(Cl)n2)cc1. The fourth-order valence-corrected chi connectivity index (χ4v) is 2.00. The van der Waals surface area contributed by atoms with Gasteiger partial charge in [-0.05, 0) is 34.3 Å². The van der Waals surface area contributed by atoms with Crippen molar-refractivity contribution >= 4 is 35.1 Å². The molecule has 1 aromatic heterocycles. The first-order chi connectivity index (χ1) is 10.6. The molecular weight excluding hydrogens is 325 g/mol. The van der Waals surface area contributed by atoms with Gasteiger partial charge < -0.3 is 16.0 Å². The van der Waals surface area contributed by atoms with Crippen LogP contribution in [-0.2, 0) is 13.1 Å². The highest BCUT2D eigenvalue weighted by Gasteiger charge is 2.03. The lowest BCUT2D eigenvalue weighted by molar-refractivity contribution is 0.860. The third-order valence-electron chi connectivity index (χ3n) is 2.77. The van der Waals surface area contributed by atoms with Crippen LogP contribution in [0.25, 0.3) is 0 Å². The summed E-state index contributed by atoms with van der Waals surface area (Å²) in [5, 5.41) is 16.2. The van der Waals surface area contributed by atoms with Crippen molar-refractivity contribution in [1.29, 1.82) is 5.41 Å². The van der Waals surface area contributed by atoms with Crippen LogP contribution in [0.1, 0.15) is 11.1 Å². The molecule has 0 aliphatic heterocycles. The first-order valence-electron chi connectivity index (χ1n) is 6.46. The minimum absolute atomic E-state index is 0.0518. The molecule has 7 nitrogen and oxygen atoms in total. The van der Waals surface area contributed by atoms with Gasteiger partial charge in [0.05, 0.1) is 0 Å². The fraction of sp³-hybridized carbons (Fsp3) is 0.231. The molecule has 22 heavy (non-hydrogen) atoms. The van der Waals surface area contributed by atoms with Crippen molar-refractivity contribution in [1.82, 2.24) is 25.6 Å². The summed E-state index contributed by atoms with van der Waals surface area (Å²) < 4.78 is 0. The summed E-state index contributed by atoms with van der Waals surface area (Å²) in [7, 11) is 1.70. The normalized spacial score (nSPS) is 10.1. The average molecular weight is 340 g/mol. The van der Waals surface area contributed by atoms with Crippen LogP contribution in [0.3, 0.4) is 0 Å². The van der Waals surface area contributed by atoms with Crippen molar-refractivity contribution in [3.8, 4) is 0 Å². The smallest absolute Gasteiger partial charge is 0.228 e. The lowest BCUT2D eigenvalue weighted by atomic mass is 10.1. The third-order valence-corrected chi connectivity index (χ3v) is 3.11. The molecular formula is C13H15Cl2N7. The molecule has 2 rings (SSSR count). The van der Waals surface area contributed by atoms with Gasteiger partial charge in [0.2, 0.25) is 16.5 Å². The minimum atomic E-state index is 0.0518. The zero-order valence-corrected chi connectivity index (χ0v) is 13.3. The van der Waals surface area contributed by atoms with E-state index in [0.717, 1.165) is 11.1 Å². The summed E-state index contributed by atoms with van der Waals surface area (Å²) in [6.45, 7) is 1.13. The van der Waals surface area contributed by atoms with Gasteiger partial charge in [-0.2, -0.15) is 15.0 Å². The Bertz CT molecular complexity index is 625. The van der Waals surface area contributed by atoms with Crippen LogP contribution in [-0.4, -0.2) is 28.0 Å². The van der Waals surface area contributed by atoms with Crippen LogP contribution in [0.15, 0.2) is 24.3 Å². The Kier molecular flexibility index (Phi) is 5.74. The molecule has 116 valence electrons. The topological polar surface area (TPSA) is 98.6 Å². The molecule has 0 saturated heterocycles. The van der Waals surface area contributed by atoms with E-state index in [1.54, 1.807) is 7.05 Å². The number of guanidine groups is 1. The monoisotopic (exact) mass is 339 g/mol. The van der Waals surface area contributed by atoms with Gasteiger partial charge in [-0.3, -0.25) is 5.41 Å². The number of benzene rings is 1. The second-order valence-electron chi connectivity index (χ2n) is 4.35. The van der Waals surface area contributed by atoms with E-state index in [0.29, 0.717) is 19.0 Å². The number of rotatable bonds is 5. The molecule has 0 amide bonds. The van der Waals surface area contributed by atoms with E-state index in [4.69, 9.17) is 28.6 Å². The Morgan fingerprint density at radius 2 is 1.55 bits per heavy atom. The standard InChI is InChI=1S/C13H15Cl2N7/c1-17-12(16)18-6-8-2-4-9(5-3-8)7-19-13-21-10(14)20-11(15)22-13/h2-5H,6-7H2,1H3,(H3,16,17,18)(H,19,20,21,22). The van der Waals surface area contributed by atoms with Crippen molar-refractivity contribution in [2.24, 2.45) is 0 Å². The van der Waals surface area contributed by atoms with E-state index in [9.17, 15) is 0 Å². The molecule has 2 aromatic rings. The minimum Gasteiger partial charge on any atom is -0.360 e. The van der Waals surface area contributed by atoms with Crippen LogP contribution in [0.5, 0.6) is 0 Å². The first-order valence-corrected chi connectivity index (χ1v) is 7.21. The van der Waals surface area contributed by atoms with Crippen LogP contribution in [0.4, 0.5) is 5.95 Å². The van der Waals surface area contributed by atoms with Crippen molar-refractivity contribution in [3.63, 3.8) is 0 Å². The molecule has 0 radical (unpaired) electrons. The second kappa shape index (κ2) is 7.77. The molecule has 0 saturated carbocycles. The summed E-state index contributed by atoms with van der Waals surface area (Å²) >= 11 is 11.4. The summed E-state index contributed by atoms with van der Waals surface area (Å²) in [6.07, 6.45) is 0. The molecule has 0 spiro atoms. The molecule has 0 aliphatic carbocycles. The summed E-state index contributed by atoms with van der Waals surface area (Å²) in [4.78, 5) is 11.5. The zero-order valence-electron chi connectivity index (χ0n) is 11.8. The number of nitrogens with zero attached hydrogens (tertiary/aromatic N) is 3. The Morgan fingerprint density at radius 1 is 1.00 bits per heavy atom. The molecule has 0 unspecified atom stereocenters. The number of hydrogen-bond acceptors (Lipinski definition) is 5. The van der Waals surface area contributed by atoms with Gasteiger partial charge in [0.25, 0.3) is 0 Å². The highest BCUT2D eigenvalue weighted by molar-refractivity contribution is 6.31. The molecule has 9 heteroatoms. The number of nitrogens with one attached hydrogen (secondary N) is 4. The highest BCUT2D eigenvalue weighted by Crippen LogP contribution is 2.11. The van der Waals surface area contributed by atoms with Crippen LogP contribution in [0.2, 0.25) is 10.6 Å². The molecule has 1 heterocycles. The maximum atomic E-state index is 7.45. The maximum Gasteiger partial charge on any atom is 0.228 e. The van der Waals surface area contributed by atoms with Crippen molar-refractivity contribution in [3.05, 3.63) is 46.0 Å². The van der Waals surface area contributed by atoms with Gasteiger partial charge in [-0.25, -0.2) is 0 Å². The van der Waals surface area contributed by atoms with Gasteiger partial charge in [-0.1, -0.05) is 24.3 Å². The summed E-state index contributed by atoms with van der Waals surface area (Å²) in [5.41, 5.74) is 2.13. The molecule has 0 aliphatic rings. The largest absolute Gasteiger partial charge is 0.360 e. The molecule has 1 aromatic carbocycles. The first kappa shape index (κ1) is 16.3. The lowest BCUT2D eigenvalue weighted by Crippen LogP contribution is -2.32. The Morgan fingerprint density at radius 3 is 2.09 bits per heavy atom. The van der Waals surface area contributed by atoms with Crippen LogP contribution in [0, 0.1) is 5.41 Å². The Labute approximate surface area is 138 Å². The maximum absolute atomic E-state index is 7.45. The molecule has 0 fully saturated rings. The average Bonchev–Trinajstić information content (AvgIpc) is 2.50. The van der Waals surface area contributed by atoms with Crippen molar-refractivity contribution < 1.29 is 0 Å². The number of hydrogen-bond donors (Lipinski definition) is 4. The van der Waals surface area contributed by atoms with E-state index < -0.39 is 0 Å². The van der Waals surface area contributed by atoms with Crippen LogP contribution < -0.4 is 16.0 Å². The molecule has 0 atom stereocenters. The molecule has 0 bridgehead atoms. The van der Waals surface area contributed by atoms with Crippen LogP contribution >= 0.6 is 23.2 Å². The number of halogens is 2. The summed E-state index contributed by atoms with van der Waals surface area (Å²) in [6, 6.07) is 7.94. The zero-order chi connectivity index (χ0) is 15.9. The van der Waals surface area contributed by atoms with E-state index in [2.05, 4.69) is 30.9 Å². The van der Waals surface area contributed by atoms with Gasteiger partial charge in [0, 0.05) is 20.1 Å². The van der Waals surface area contributed by atoms with Crippen molar-refractivity contribution in [2.45, 2.75) is 13.1 Å². The van der Waals surface area contributed by atoms with E-state index in [1.165, 1.54) is 0 Å². The van der Waals surface area contributed by atoms with Gasteiger partial charge >= 0.3 is 0 Å². The van der Waals surface area contributed by atoms with Gasteiger partial charge in [0.15, 0.2) is 5.96 Å². The van der Waals surface area contributed by atoms with Gasteiger partial charge in [0.1, 0.15) is 0 Å². The predicted octanol–water partition coefficient (Wildman–Crippen LogP) is 2.03. The van der Waals surface area contributed by atoms with Gasteiger partial charge in [-0.15, -0.1) is 0 Å². The molecule has 4 N–H and O–H groups in total. The number of aromatic nitrogens is 3. The predicted molar refractivity (Wildman–Crippen MR) is 87.2 cm³/mol. The van der Waals surface area contributed by atoms with E-state index in [-0.39, 0.29) is 16.5 Å². The number of anilines is 1.